The molecule has 0 aliphatic heterocycles. The summed E-state index contributed by atoms with van der Waals surface area (Å²) in [5, 5.41) is 8.51. The van der Waals surface area contributed by atoms with Crippen LogP contribution in [-0.2, 0) is 16.6 Å². The van der Waals surface area contributed by atoms with E-state index in [1.807, 2.05) is 33.8 Å². The molecule has 0 fully saturated rings. The van der Waals surface area contributed by atoms with Crippen molar-refractivity contribution in [2.45, 2.75) is 52.4 Å². The molecule has 1 unspecified atom stereocenters. The Morgan fingerprint density at radius 2 is 1.79 bits per heavy atom. The van der Waals surface area contributed by atoms with Crippen LogP contribution in [0.5, 0.6) is 5.75 Å². The van der Waals surface area contributed by atoms with Gasteiger partial charge in [-0.05, 0) is 61.1 Å². The lowest BCUT2D eigenvalue weighted by molar-refractivity contribution is 0.0697. The standard InChI is InChI=1S/C22H29NO5S/c1-5-19(12-15(2)3)29(26,27)23-20-11-6-16(4)13-21(20)28-14-17-7-9-18(10-8-17)22(24)25/h6-11,13,15,19,23H,5,12,14H2,1-4H3,(H,24,25). The average Bonchev–Trinajstić information content (AvgIpc) is 2.66. The number of sulfonamides is 1. The molecule has 0 aliphatic rings. The first-order valence-electron chi connectivity index (χ1n) is 9.69. The lowest BCUT2D eigenvalue weighted by atomic mass is 10.1. The molecule has 0 radical (unpaired) electrons. The van der Waals surface area contributed by atoms with E-state index in [0.29, 0.717) is 24.3 Å². The molecule has 7 heteroatoms. The van der Waals surface area contributed by atoms with Crippen LogP contribution in [0.25, 0.3) is 0 Å². The molecule has 29 heavy (non-hydrogen) atoms. The molecule has 0 saturated carbocycles. The van der Waals surface area contributed by atoms with Crippen molar-refractivity contribution >= 4 is 21.7 Å². The first-order valence-corrected chi connectivity index (χ1v) is 11.2. The molecule has 2 rings (SSSR count). The second-order valence-electron chi connectivity index (χ2n) is 7.60. The number of aromatic carboxylic acids is 1. The Balaban J connectivity index is 2.19. The van der Waals surface area contributed by atoms with E-state index in [9.17, 15) is 13.2 Å². The molecule has 1 atom stereocenters. The van der Waals surface area contributed by atoms with Gasteiger partial charge >= 0.3 is 5.97 Å². The number of ether oxygens (including phenoxy) is 1. The molecule has 6 nitrogen and oxygen atoms in total. The van der Waals surface area contributed by atoms with Crippen molar-refractivity contribution in [3.05, 3.63) is 59.2 Å². The van der Waals surface area contributed by atoms with Gasteiger partial charge in [-0.2, -0.15) is 0 Å². The molecule has 2 aromatic rings. The number of hydrogen-bond acceptors (Lipinski definition) is 4. The minimum absolute atomic E-state index is 0.196. The third-order valence-electron chi connectivity index (χ3n) is 4.61. The molecule has 0 saturated heterocycles. The summed E-state index contributed by atoms with van der Waals surface area (Å²) in [6.45, 7) is 7.99. The molecule has 0 amide bonds. The van der Waals surface area contributed by atoms with Gasteiger partial charge in [0.15, 0.2) is 0 Å². The number of hydrogen-bond donors (Lipinski definition) is 2. The molecule has 0 bridgehead atoms. The third-order valence-corrected chi connectivity index (χ3v) is 6.52. The quantitative estimate of drug-likeness (QED) is 0.575. The van der Waals surface area contributed by atoms with Crippen molar-refractivity contribution in [1.29, 1.82) is 0 Å². The number of carboxylic acid groups (broad SMARTS) is 1. The summed E-state index contributed by atoms with van der Waals surface area (Å²) in [7, 11) is -3.55. The van der Waals surface area contributed by atoms with Crippen LogP contribution in [0.4, 0.5) is 5.69 Å². The normalized spacial score (nSPS) is 12.6. The van der Waals surface area contributed by atoms with Crippen LogP contribution in [0.3, 0.4) is 0 Å². The monoisotopic (exact) mass is 419 g/mol. The molecule has 0 spiro atoms. The molecule has 2 aromatic carbocycles. The summed E-state index contributed by atoms with van der Waals surface area (Å²) in [4.78, 5) is 11.0. The highest BCUT2D eigenvalue weighted by Crippen LogP contribution is 2.29. The fourth-order valence-corrected chi connectivity index (χ4v) is 4.73. The Kier molecular flexibility index (Phi) is 7.67. The smallest absolute Gasteiger partial charge is 0.335 e. The fourth-order valence-electron chi connectivity index (χ4n) is 3.01. The largest absolute Gasteiger partial charge is 0.487 e. The first kappa shape index (κ1) is 22.7. The summed E-state index contributed by atoms with van der Waals surface area (Å²) in [5.74, 6) is -0.269. The number of carbonyl (C=O) groups is 1. The van der Waals surface area contributed by atoms with Gasteiger partial charge < -0.3 is 9.84 Å². The first-order chi connectivity index (χ1) is 13.6. The number of rotatable bonds is 10. The minimum Gasteiger partial charge on any atom is -0.487 e. The topological polar surface area (TPSA) is 92.7 Å². The Hall–Kier alpha value is -2.54. The minimum atomic E-state index is -3.55. The molecule has 0 aromatic heterocycles. The maximum Gasteiger partial charge on any atom is 0.335 e. The highest BCUT2D eigenvalue weighted by atomic mass is 32.2. The van der Waals surface area contributed by atoms with Crippen molar-refractivity contribution in [3.8, 4) is 5.75 Å². The van der Waals surface area contributed by atoms with E-state index in [1.165, 1.54) is 12.1 Å². The second-order valence-corrected chi connectivity index (χ2v) is 9.56. The number of benzene rings is 2. The van der Waals surface area contributed by atoms with E-state index in [-0.39, 0.29) is 18.1 Å². The lowest BCUT2D eigenvalue weighted by Crippen LogP contribution is -2.28. The maximum absolute atomic E-state index is 12.9. The number of carboxylic acids is 1. The van der Waals surface area contributed by atoms with E-state index in [0.717, 1.165) is 11.1 Å². The average molecular weight is 420 g/mol. The van der Waals surface area contributed by atoms with E-state index < -0.39 is 21.2 Å². The van der Waals surface area contributed by atoms with Crippen LogP contribution < -0.4 is 9.46 Å². The van der Waals surface area contributed by atoms with Gasteiger partial charge in [0.2, 0.25) is 10.0 Å². The van der Waals surface area contributed by atoms with Crippen LogP contribution in [0.2, 0.25) is 0 Å². The maximum atomic E-state index is 12.9. The van der Waals surface area contributed by atoms with Crippen LogP contribution in [0.15, 0.2) is 42.5 Å². The Labute approximate surface area is 173 Å². The van der Waals surface area contributed by atoms with E-state index >= 15 is 0 Å². The van der Waals surface area contributed by atoms with Crippen molar-refractivity contribution in [1.82, 2.24) is 0 Å². The van der Waals surface area contributed by atoms with Crippen molar-refractivity contribution < 1.29 is 23.1 Å². The van der Waals surface area contributed by atoms with E-state index in [2.05, 4.69) is 4.72 Å². The van der Waals surface area contributed by atoms with E-state index in [1.54, 1.807) is 24.3 Å². The van der Waals surface area contributed by atoms with Crippen LogP contribution in [0, 0.1) is 12.8 Å². The molecular weight excluding hydrogens is 390 g/mol. The Bertz CT molecular complexity index is 936. The number of anilines is 1. The summed E-state index contributed by atoms with van der Waals surface area (Å²) < 4.78 is 34.3. The molecule has 2 N–H and O–H groups in total. The van der Waals surface area contributed by atoms with Gasteiger partial charge in [0.05, 0.1) is 16.5 Å². The van der Waals surface area contributed by atoms with Crippen LogP contribution >= 0.6 is 0 Å². The molecular formula is C22H29NO5S. The second kappa shape index (κ2) is 9.78. The summed E-state index contributed by atoms with van der Waals surface area (Å²) in [6, 6.07) is 11.7. The Morgan fingerprint density at radius 1 is 1.14 bits per heavy atom. The zero-order valence-electron chi connectivity index (χ0n) is 17.3. The Morgan fingerprint density at radius 3 is 2.34 bits per heavy atom. The highest BCUT2D eigenvalue weighted by Gasteiger charge is 2.25. The van der Waals surface area contributed by atoms with Crippen molar-refractivity contribution in [3.63, 3.8) is 0 Å². The predicted molar refractivity (Wildman–Crippen MR) is 115 cm³/mol. The zero-order chi connectivity index (χ0) is 21.6. The van der Waals surface area contributed by atoms with Crippen LogP contribution in [0.1, 0.15) is 55.1 Å². The summed E-state index contributed by atoms with van der Waals surface area (Å²) in [6.07, 6.45) is 1.12. The van der Waals surface area contributed by atoms with Gasteiger partial charge in [-0.15, -0.1) is 0 Å². The van der Waals surface area contributed by atoms with Gasteiger partial charge in [0, 0.05) is 0 Å². The van der Waals surface area contributed by atoms with Gasteiger partial charge in [-0.25, -0.2) is 13.2 Å². The fraction of sp³-hybridized carbons (Fsp3) is 0.409. The van der Waals surface area contributed by atoms with Gasteiger partial charge in [-0.1, -0.05) is 39.0 Å². The van der Waals surface area contributed by atoms with Gasteiger partial charge in [0.1, 0.15) is 12.4 Å². The van der Waals surface area contributed by atoms with Crippen molar-refractivity contribution in [2.24, 2.45) is 5.92 Å². The third kappa shape index (κ3) is 6.49. The molecule has 0 heterocycles. The van der Waals surface area contributed by atoms with Crippen LogP contribution in [-0.4, -0.2) is 24.7 Å². The van der Waals surface area contributed by atoms with E-state index in [4.69, 9.17) is 9.84 Å². The highest BCUT2D eigenvalue weighted by molar-refractivity contribution is 7.93. The zero-order valence-corrected chi connectivity index (χ0v) is 18.1. The predicted octanol–water partition coefficient (Wildman–Crippen LogP) is 4.84. The SMILES string of the molecule is CCC(CC(C)C)S(=O)(=O)Nc1ccc(C)cc1OCc1ccc(C(=O)O)cc1. The molecule has 158 valence electrons. The summed E-state index contributed by atoms with van der Waals surface area (Å²) in [5.41, 5.74) is 2.34. The number of aryl methyl sites for hydroxylation is 1. The van der Waals surface area contributed by atoms with Gasteiger partial charge in [0.25, 0.3) is 0 Å². The summed E-state index contributed by atoms with van der Waals surface area (Å²) >= 11 is 0. The lowest BCUT2D eigenvalue weighted by Gasteiger charge is -2.21. The number of nitrogens with one attached hydrogen (secondary N) is 1. The van der Waals surface area contributed by atoms with Crippen molar-refractivity contribution in [2.75, 3.05) is 4.72 Å². The van der Waals surface area contributed by atoms with Gasteiger partial charge in [-0.3, -0.25) is 4.72 Å². The molecule has 0 aliphatic carbocycles.